The third-order valence-electron chi connectivity index (χ3n) is 6.67. The molecule has 0 aliphatic carbocycles. The zero-order valence-corrected chi connectivity index (χ0v) is 24.6. The Labute approximate surface area is 250 Å². The number of ether oxygens (including phenoxy) is 1. The molecule has 0 saturated carbocycles. The van der Waals surface area contributed by atoms with E-state index in [4.69, 9.17) is 4.74 Å². The van der Waals surface area contributed by atoms with Crippen molar-refractivity contribution in [2.24, 2.45) is 0 Å². The first-order valence-corrected chi connectivity index (χ1v) is 13.5. The van der Waals surface area contributed by atoms with E-state index >= 15 is 0 Å². The molecule has 1 aromatic carbocycles. The summed E-state index contributed by atoms with van der Waals surface area (Å²) in [7, 11) is 0.775. The molecule has 1 atom stereocenters. The molecule has 1 saturated heterocycles. The van der Waals surface area contributed by atoms with Crippen LogP contribution in [0.5, 0.6) is 0 Å². The molecule has 0 spiro atoms. The van der Waals surface area contributed by atoms with E-state index in [1.54, 1.807) is 32.9 Å². The van der Waals surface area contributed by atoms with E-state index in [0.29, 0.717) is 16.9 Å². The van der Waals surface area contributed by atoms with Crippen molar-refractivity contribution in [2.45, 2.75) is 58.4 Å². The van der Waals surface area contributed by atoms with Gasteiger partial charge in [0.2, 0.25) is 0 Å². The number of aryl methyl sites for hydroxylation is 1. The highest BCUT2D eigenvalue weighted by Crippen LogP contribution is 2.37. The number of benzene rings is 1. The van der Waals surface area contributed by atoms with Crippen LogP contribution in [-0.4, -0.2) is 73.9 Å². The van der Waals surface area contributed by atoms with Crippen LogP contribution in [0.1, 0.15) is 71.9 Å². The number of aromatic nitrogens is 3. The number of nitrogens with one attached hydrogen (secondary N) is 1. The van der Waals surface area contributed by atoms with Crippen molar-refractivity contribution in [3.63, 3.8) is 0 Å². The van der Waals surface area contributed by atoms with Crippen molar-refractivity contribution in [1.29, 1.82) is 0 Å². The number of imidazole rings is 1. The summed E-state index contributed by atoms with van der Waals surface area (Å²) in [6, 6.07) is 7.96. The average molecular weight is 617 g/mol. The van der Waals surface area contributed by atoms with Crippen molar-refractivity contribution in [3.8, 4) is 11.3 Å². The van der Waals surface area contributed by atoms with E-state index in [1.807, 2.05) is 6.92 Å². The smallest absolute Gasteiger partial charge is 0.473 e. The van der Waals surface area contributed by atoms with Gasteiger partial charge in [-0.25, -0.2) is 29.2 Å². The van der Waals surface area contributed by atoms with Crippen LogP contribution >= 0.6 is 0 Å². The van der Waals surface area contributed by atoms with Gasteiger partial charge in [0.05, 0.1) is 6.04 Å². The monoisotopic (exact) mass is 616 g/mol. The van der Waals surface area contributed by atoms with E-state index < -0.39 is 47.4 Å². The van der Waals surface area contributed by atoms with Gasteiger partial charge in [-0.1, -0.05) is 12.1 Å². The minimum atomic E-state index is -5.34. The molecule has 12 nitrogen and oxygen atoms in total. The molecule has 15 heteroatoms. The third kappa shape index (κ3) is 6.82. The fraction of sp³-hybridized carbons (Fsp3) is 0.379. The van der Waals surface area contributed by atoms with Crippen molar-refractivity contribution < 1.29 is 42.2 Å². The second-order valence-electron chi connectivity index (χ2n) is 11.2. The van der Waals surface area contributed by atoms with Crippen molar-refractivity contribution in [3.05, 3.63) is 65.2 Å². The van der Waals surface area contributed by atoms with Crippen LogP contribution in [0.15, 0.2) is 42.6 Å². The van der Waals surface area contributed by atoms with Crippen LogP contribution in [0.2, 0.25) is 0 Å². The normalized spacial score (nSPS) is 15.2. The number of halogens is 3. The summed E-state index contributed by atoms with van der Waals surface area (Å²) in [4.78, 5) is 60.4. The number of carboxylic acid groups (broad SMARTS) is 1. The first kappa shape index (κ1) is 32.0. The molecule has 3 heterocycles. The summed E-state index contributed by atoms with van der Waals surface area (Å²) < 4.78 is 46.7. The van der Waals surface area contributed by atoms with E-state index in [1.165, 1.54) is 35.4 Å². The Bertz CT molecular complexity index is 1600. The van der Waals surface area contributed by atoms with Gasteiger partial charge in [-0.3, -0.25) is 14.5 Å². The van der Waals surface area contributed by atoms with Gasteiger partial charge < -0.3 is 15.2 Å². The molecular formula is C29H31F3N6O6. The largest absolute Gasteiger partial charge is 0.476 e. The summed E-state index contributed by atoms with van der Waals surface area (Å²) in [5, 5.41) is 13.0. The van der Waals surface area contributed by atoms with Crippen molar-refractivity contribution >= 4 is 29.7 Å². The van der Waals surface area contributed by atoms with Gasteiger partial charge >= 0.3 is 24.1 Å². The van der Waals surface area contributed by atoms with E-state index in [-0.39, 0.29) is 40.6 Å². The Morgan fingerprint density at radius 3 is 2.32 bits per heavy atom. The summed E-state index contributed by atoms with van der Waals surface area (Å²) >= 11 is 0. The molecule has 0 radical (unpaired) electrons. The van der Waals surface area contributed by atoms with Gasteiger partial charge in [0.15, 0.2) is 11.5 Å². The second-order valence-corrected chi connectivity index (χ2v) is 11.2. The summed E-state index contributed by atoms with van der Waals surface area (Å²) in [6.45, 7) is 6.94. The van der Waals surface area contributed by atoms with Crippen LogP contribution in [0.25, 0.3) is 11.3 Å². The topological polar surface area (TPSA) is 147 Å². The fourth-order valence-electron chi connectivity index (χ4n) is 4.76. The van der Waals surface area contributed by atoms with Gasteiger partial charge in [0.25, 0.3) is 5.91 Å². The number of hydrogen-bond acceptors (Lipinski definition) is 7. The fourth-order valence-corrected chi connectivity index (χ4v) is 4.76. The van der Waals surface area contributed by atoms with E-state index in [0.717, 1.165) is 12.6 Å². The highest BCUT2D eigenvalue weighted by Gasteiger charge is 2.46. The number of amides is 3. The number of aromatic carboxylic acids is 1. The molecule has 44 heavy (non-hydrogen) atoms. The van der Waals surface area contributed by atoms with Crippen LogP contribution in [0, 0.1) is 6.92 Å². The maximum absolute atomic E-state index is 13.5. The van der Waals surface area contributed by atoms with E-state index in [2.05, 4.69) is 15.3 Å². The number of likely N-dealkylation sites (tertiary alicyclic amines) is 1. The lowest BCUT2D eigenvalue weighted by Gasteiger charge is -2.30. The zero-order valence-electron chi connectivity index (χ0n) is 24.6. The van der Waals surface area contributed by atoms with Gasteiger partial charge in [-0.15, -0.1) is 0 Å². The van der Waals surface area contributed by atoms with Gasteiger partial charge in [-0.05, 0) is 70.4 Å². The van der Waals surface area contributed by atoms with Crippen molar-refractivity contribution in [2.75, 3.05) is 23.9 Å². The predicted octanol–water partition coefficient (Wildman–Crippen LogP) is 4.93. The zero-order chi connectivity index (χ0) is 32.6. The number of hydrogen-bond donors (Lipinski definition) is 2. The Kier molecular flexibility index (Phi) is 8.70. The highest BCUT2D eigenvalue weighted by molar-refractivity contribution is 6.04. The molecule has 1 fully saturated rings. The number of carboxylic acids is 1. The van der Waals surface area contributed by atoms with Crippen LogP contribution in [0.3, 0.4) is 0 Å². The molecule has 234 valence electrons. The molecule has 3 amide bonds. The lowest BCUT2D eigenvalue weighted by molar-refractivity contribution is -0.171. The number of carbonyl (C=O) groups is 4. The molecule has 1 aliphatic rings. The highest BCUT2D eigenvalue weighted by atomic mass is 19.4. The summed E-state index contributed by atoms with van der Waals surface area (Å²) in [5.74, 6) is -4.47. The number of pyridine rings is 1. The molecule has 1 unspecified atom stereocenters. The molecule has 2 aromatic heterocycles. The second kappa shape index (κ2) is 12.0. The van der Waals surface area contributed by atoms with E-state index in [9.17, 15) is 37.5 Å². The predicted molar refractivity (Wildman–Crippen MR) is 152 cm³/mol. The molecule has 0 bridgehead atoms. The van der Waals surface area contributed by atoms with Crippen LogP contribution in [-0.2, 0) is 9.53 Å². The number of carbonyl (C=O) groups excluding carboxylic acids is 3. The quantitative estimate of drug-likeness (QED) is 0.396. The van der Waals surface area contributed by atoms with Crippen molar-refractivity contribution in [1.82, 2.24) is 19.5 Å². The van der Waals surface area contributed by atoms with Gasteiger partial charge in [0.1, 0.15) is 17.1 Å². The first-order chi connectivity index (χ1) is 20.5. The number of rotatable bonds is 6. The number of anilines is 1. The van der Waals surface area contributed by atoms with Gasteiger partial charge in [-0.2, -0.15) is 13.2 Å². The molecule has 3 aromatic rings. The average Bonchev–Trinajstić information content (AvgIpc) is 3.56. The maximum atomic E-state index is 13.5. The minimum Gasteiger partial charge on any atom is -0.476 e. The van der Waals surface area contributed by atoms with Crippen LogP contribution in [0.4, 0.5) is 23.8 Å². The Balaban J connectivity index is 1.80. The maximum Gasteiger partial charge on any atom is 0.473 e. The SMILES string of the molecule is Cc1ccnc(NC(=O)c2ccc(-c3nc(C4CCCN4C(=O)OC(C)(C)C)n(N(C)C(=O)C(F)(F)F)c3C(=O)O)cc2)c1. The molecule has 2 N–H and O–H groups in total. The molecular weight excluding hydrogens is 585 g/mol. The Morgan fingerprint density at radius 1 is 1.09 bits per heavy atom. The summed E-state index contributed by atoms with van der Waals surface area (Å²) in [5.41, 5.74) is -0.689. The van der Waals surface area contributed by atoms with Gasteiger partial charge in [0, 0.05) is 30.9 Å². The number of alkyl halides is 3. The minimum absolute atomic E-state index is 0.123. The Hall–Kier alpha value is -4.95. The summed E-state index contributed by atoms with van der Waals surface area (Å²) in [6.07, 6.45) is -3.94. The lowest BCUT2D eigenvalue weighted by atomic mass is 10.1. The van der Waals surface area contributed by atoms with Crippen LogP contribution < -0.4 is 10.3 Å². The Morgan fingerprint density at radius 2 is 1.75 bits per heavy atom. The standard InChI is InChI=1S/C29H31F3N6O6/c1-16-12-13-33-20(15-16)34-24(39)18-10-8-17(9-11-18)21-22(25(40)41)38(36(5)26(42)29(30,31)32)23(35-21)19-7-6-14-37(19)27(43)44-28(2,3)4/h8-13,15,19H,6-7,14H2,1-5H3,(H,40,41)(H,33,34,39). The third-order valence-corrected chi connectivity index (χ3v) is 6.67. The lowest BCUT2D eigenvalue weighted by Crippen LogP contribution is -2.48. The molecule has 1 aliphatic heterocycles. The number of nitrogens with zero attached hydrogens (tertiary/aromatic N) is 5. The first-order valence-electron chi connectivity index (χ1n) is 13.5. The molecule has 4 rings (SSSR count).